The molecule has 3 aliphatic heterocycles. The monoisotopic (exact) mass is 1540 g/mol. The number of nitrogens with one attached hydrogen (secondary N) is 3. The van der Waals surface area contributed by atoms with Crippen LogP contribution in [0.25, 0.3) is 31.3 Å². The topological polar surface area (TPSA) is 611 Å². The van der Waals surface area contributed by atoms with E-state index < -0.39 is 230 Å². The lowest BCUT2D eigenvalue weighted by atomic mass is 9.88. The van der Waals surface area contributed by atoms with Crippen molar-refractivity contribution in [3.05, 3.63) is 131 Å². The van der Waals surface area contributed by atoms with Crippen molar-refractivity contribution in [2.45, 2.75) is 161 Å². The molecule has 0 amide bonds. The molecular weight excluding hydrogens is 1460 g/mol. The highest BCUT2D eigenvalue weighted by Crippen LogP contribution is 2.54. The van der Waals surface area contributed by atoms with E-state index in [2.05, 4.69) is 49.0 Å². The minimum Gasteiger partial charge on any atom is -0.432 e. The van der Waals surface area contributed by atoms with E-state index in [0.717, 1.165) is 45.9 Å². The molecule has 0 radical (unpaired) electrons. The average Bonchev–Trinajstić information content (AvgIpc) is 1.63. The van der Waals surface area contributed by atoms with Crippen molar-refractivity contribution in [1.82, 2.24) is 28.7 Å². The number of hydrogen-bond acceptors (Lipinski definition) is 34. The van der Waals surface area contributed by atoms with Gasteiger partial charge in [-0.25, -0.2) is 74.0 Å². The summed E-state index contributed by atoms with van der Waals surface area (Å²) in [6.07, 6.45) is -16.8. The summed E-state index contributed by atoms with van der Waals surface area (Å²) < 4.78 is 158. The fraction of sp³-hybridized carbons (Fsp3) is 0.698. The van der Waals surface area contributed by atoms with Crippen LogP contribution in [0.1, 0.15) is 95.3 Å². The zero-order chi connectivity index (χ0) is 77.2. The standard InChI is InChI=1S/C21H31FN5O13P.C20H29FN5O14P.C11H14FN5O4.CH4/c1-12(2)38-19(30)33-10-36-41(32,37-11-34-20(31)39-13(3)4)35-9-21(8-24-26-23)14(5)16(22)17(40-21)27-7-6-15(28)25-18(27)29;1-11(2)38-18(30)33-9-36-41(32,37-10-34-19(31)39-12(3)4)35-8-20(7-23-25-22)15(28)14(21)16(40-20)26-6-5-13(27)24-17(26)29;1-6-8(12)9(17-3-2-7(19)15-10(17)20)21-11(6,5-18)4-14-16-13;/h6-7,12-14,16-17H,8-11H2,1-5H3,(H,25,28,29);5-6,11-12,14-16,28H,7-10H2,1-4H3,(H,24,27,29);2-3,6,8-9,18H,4-5H2,1H3,(H,15,19,20);1H4/t14-,16+,17+,21+;14-,15+,16-,20-;6-,8+,9+,11+;/m010./s1. The van der Waals surface area contributed by atoms with Crippen LogP contribution in [0, 0.1) is 11.8 Å². The maximum atomic E-state index is 15.4. The largest absolute Gasteiger partial charge is 0.510 e. The van der Waals surface area contributed by atoms with Gasteiger partial charge in [0.1, 0.15) is 22.9 Å². The molecule has 3 aromatic heterocycles. The van der Waals surface area contributed by atoms with Crippen molar-refractivity contribution >= 4 is 40.3 Å². The lowest BCUT2D eigenvalue weighted by Crippen LogP contribution is -2.48. The van der Waals surface area contributed by atoms with Crippen LogP contribution in [0.5, 0.6) is 0 Å². The van der Waals surface area contributed by atoms with Crippen molar-refractivity contribution in [3.8, 4) is 0 Å². The molecule has 3 fully saturated rings. The summed E-state index contributed by atoms with van der Waals surface area (Å²) in [5.41, 5.74) is 15.5. The summed E-state index contributed by atoms with van der Waals surface area (Å²) in [6.45, 7) is 6.80. The van der Waals surface area contributed by atoms with Crippen LogP contribution in [-0.2, 0) is 88.4 Å². The third-order valence-electron chi connectivity index (χ3n) is 14.0. The van der Waals surface area contributed by atoms with Crippen LogP contribution in [-0.4, -0.2) is 196 Å². The molecule has 104 heavy (non-hydrogen) atoms. The number of phosphoric ester groups is 2. The Balaban J connectivity index is 0.000000424. The van der Waals surface area contributed by atoms with Crippen LogP contribution in [0.4, 0.5) is 32.3 Å². The highest BCUT2D eigenvalue weighted by molar-refractivity contribution is 7.48. The first-order valence-electron chi connectivity index (χ1n) is 30.0. The zero-order valence-corrected chi connectivity index (χ0v) is 58.0. The Bertz CT molecular complexity index is 3740. The van der Waals surface area contributed by atoms with Crippen LogP contribution >= 0.6 is 15.6 Å². The molecule has 3 aromatic rings. The molecule has 3 aliphatic rings. The Labute approximate surface area is 584 Å². The number of nitrogens with zero attached hydrogens (tertiary/aromatic N) is 12. The van der Waals surface area contributed by atoms with Crippen molar-refractivity contribution in [3.63, 3.8) is 0 Å². The fourth-order valence-electron chi connectivity index (χ4n) is 8.85. The van der Waals surface area contributed by atoms with Gasteiger partial charge < -0.3 is 62.3 Å². The number of hydrogen-bond donors (Lipinski definition) is 5. The molecule has 51 heteroatoms. The van der Waals surface area contributed by atoms with Gasteiger partial charge in [0, 0.05) is 63.4 Å². The van der Waals surface area contributed by atoms with E-state index in [1.54, 1.807) is 27.7 Å². The molecule has 12 atom stereocenters. The van der Waals surface area contributed by atoms with Gasteiger partial charge >= 0.3 is 57.3 Å². The predicted octanol–water partition coefficient (Wildman–Crippen LogP) is 6.01. The van der Waals surface area contributed by atoms with Crippen molar-refractivity contribution in [2.24, 2.45) is 27.2 Å². The van der Waals surface area contributed by atoms with Crippen LogP contribution in [0.3, 0.4) is 0 Å². The van der Waals surface area contributed by atoms with Crippen LogP contribution in [0.15, 0.2) is 80.9 Å². The van der Waals surface area contributed by atoms with E-state index in [0.29, 0.717) is 4.57 Å². The molecule has 3 saturated heterocycles. The van der Waals surface area contributed by atoms with Gasteiger partial charge in [-0.05, 0) is 72.0 Å². The quantitative estimate of drug-likeness (QED) is 0.00908. The minimum atomic E-state index is -4.91. The maximum absolute atomic E-state index is 15.4. The molecule has 5 N–H and O–H groups in total. The fourth-order valence-corrected chi connectivity index (χ4v) is 10.8. The van der Waals surface area contributed by atoms with Gasteiger partial charge in [-0.2, -0.15) is 0 Å². The average molecular weight is 1540 g/mol. The number of azide groups is 3. The summed E-state index contributed by atoms with van der Waals surface area (Å²) >= 11 is 0. The number of aliphatic hydroxyl groups is 2. The number of carbonyl (C=O) groups is 4. The lowest BCUT2D eigenvalue weighted by Gasteiger charge is -2.32. The Hall–Kier alpha value is -9.14. The van der Waals surface area contributed by atoms with Gasteiger partial charge in [-0.1, -0.05) is 36.6 Å². The number of aliphatic hydroxyl groups excluding tert-OH is 2. The molecular formula is C53H78F3N15O31P2. The molecule has 0 aromatic carbocycles. The normalized spacial score (nSPS) is 24.0. The van der Waals surface area contributed by atoms with Gasteiger partial charge in [0.15, 0.2) is 37.2 Å². The van der Waals surface area contributed by atoms with Gasteiger partial charge in [0.05, 0.1) is 63.9 Å². The summed E-state index contributed by atoms with van der Waals surface area (Å²) in [5, 5.41) is 30.2. The molecule has 0 spiro atoms. The van der Waals surface area contributed by atoms with E-state index in [1.165, 1.54) is 41.5 Å². The highest BCUT2D eigenvalue weighted by Gasteiger charge is 2.58. The van der Waals surface area contributed by atoms with Crippen molar-refractivity contribution in [2.75, 3.05) is 66.6 Å². The minimum absolute atomic E-state index is 0. The van der Waals surface area contributed by atoms with Gasteiger partial charge in [-0.15, -0.1) is 0 Å². The van der Waals surface area contributed by atoms with E-state index in [9.17, 15) is 71.7 Å². The Morgan fingerprint density at radius 1 is 0.510 bits per heavy atom. The second kappa shape index (κ2) is 40.8. The Morgan fingerprint density at radius 3 is 1.08 bits per heavy atom. The van der Waals surface area contributed by atoms with Crippen molar-refractivity contribution < 1.29 is 131 Å². The molecule has 0 unspecified atom stereocenters. The zero-order valence-electron chi connectivity index (χ0n) is 56.2. The predicted molar refractivity (Wildman–Crippen MR) is 339 cm³/mol. The van der Waals surface area contributed by atoms with Gasteiger partial charge in [0.2, 0.25) is 27.2 Å². The molecule has 0 aliphatic carbocycles. The van der Waals surface area contributed by atoms with E-state index >= 15 is 8.78 Å². The smallest absolute Gasteiger partial charge is 0.432 e. The summed E-state index contributed by atoms with van der Waals surface area (Å²) in [5.74, 6) is -1.98. The second-order valence-corrected chi connectivity index (χ2v) is 26.0. The molecule has 0 bridgehead atoms. The van der Waals surface area contributed by atoms with Crippen LogP contribution in [0.2, 0.25) is 0 Å². The number of carbonyl (C=O) groups excluding carboxylic acids is 4. The molecule has 582 valence electrons. The maximum Gasteiger partial charge on any atom is 0.510 e. The number of ether oxygens (including phenoxy) is 11. The van der Waals surface area contributed by atoms with E-state index in [4.69, 9.17) is 76.9 Å². The summed E-state index contributed by atoms with van der Waals surface area (Å²) in [4.78, 5) is 130. The first kappa shape index (κ1) is 89.1. The van der Waals surface area contributed by atoms with E-state index in [-0.39, 0.29) is 14.0 Å². The first-order valence-corrected chi connectivity index (χ1v) is 32.9. The first-order chi connectivity index (χ1) is 48.4. The second-order valence-electron chi connectivity index (χ2n) is 22.6. The highest BCUT2D eigenvalue weighted by atomic mass is 31.2. The number of aromatic amines is 3. The van der Waals surface area contributed by atoms with Crippen LogP contribution < -0.4 is 33.7 Å². The summed E-state index contributed by atoms with van der Waals surface area (Å²) in [6, 6.07) is 2.92. The molecule has 46 nitrogen and oxygen atoms in total. The third kappa shape index (κ3) is 25.6. The number of aromatic nitrogens is 6. The molecule has 0 saturated carbocycles. The summed E-state index contributed by atoms with van der Waals surface area (Å²) in [7, 11) is -9.71. The van der Waals surface area contributed by atoms with Gasteiger partial charge in [-0.3, -0.25) is 52.1 Å². The third-order valence-corrected chi connectivity index (χ3v) is 16.6. The SMILES string of the molecule is C.CC(C)OC(=O)OCOP(=O)(OCOC(=O)OC(C)C)OC[C@@]1(CN=[N+]=[N-])O[C@@H](n2ccc(=O)[nH]c2=O)[C@H](F)[C@@H]1C.CC(C)OC(=O)OCOP(=O)(OCOC(=O)OC(C)C)OC[C@@]1(CN=[N+]=[N-])O[C@@H](n2ccc(=O)[nH]c2=O)[C@H](F)[C@@H]1O.C[C@H]1[C@@H](F)[C@H](n2ccc(=O)[nH]c2=O)O[C@@]1(CO)CN=[N+]=[N-]. The Kier molecular flexibility index (Phi) is 34.9. The lowest BCUT2D eigenvalue weighted by molar-refractivity contribution is -0.126. The number of H-pyrrole nitrogens is 3. The van der Waals surface area contributed by atoms with E-state index in [1.807, 2.05) is 15.0 Å². The van der Waals surface area contributed by atoms with Gasteiger partial charge in [0.25, 0.3) is 16.7 Å². The number of rotatable bonds is 32. The van der Waals surface area contributed by atoms with Crippen molar-refractivity contribution in [1.29, 1.82) is 0 Å². The number of halogens is 3. The molecule has 6 rings (SSSR count). The molecule has 6 heterocycles. The number of phosphoric acid groups is 2. The number of alkyl halides is 3. The Morgan fingerprint density at radius 2 is 0.779 bits per heavy atom.